The number of benzene rings is 1. The highest BCUT2D eigenvalue weighted by molar-refractivity contribution is 5.27. The van der Waals surface area contributed by atoms with Crippen LogP contribution >= 0.6 is 0 Å². The van der Waals surface area contributed by atoms with Crippen LogP contribution in [0.5, 0.6) is 0 Å². The van der Waals surface area contributed by atoms with Crippen molar-refractivity contribution in [1.29, 1.82) is 0 Å². The molecule has 0 radical (unpaired) electrons. The van der Waals surface area contributed by atoms with E-state index in [1.165, 1.54) is 58.5 Å². The van der Waals surface area contributed by atoms with Gasteiger partial charge in [0.15, 0.2) is 0 Å². The summed E-state index contributed by atoms with van der Waals surface area (Å²) >= 11 is 0. The van der Waals surface area contributed by atoms with Crippen molar-refractivity contribution in [2.45, 2.75) is 25.8 Å². The Balaban J connectivity index is 1.61. The van der Waals surface area contributed by atoms with Gasteiger partial charge in [-0.15, -0.1) is 0 Å². The van der Waals surface area contributed by atoms with Crippen LogP contribution in [0.1, 0.15) is 24.0 Å². The fraction of sp³-hybridized carbons (Fsp3) is 0.667. The van der Waals surface area contributed by atoms with Crippen molar-refractivity contribution < 1.29 is 0 Å². The van der Waals surface area contributed by atoms with Gasteiger partial charge in [-0.25, -0.2) is 0 Å². The van der Waals surface area contributed by atoms with E-state index in [0.29, 0.717) is 0 Å². The van der Waals surface area contributed by atoms with Crippen molar-refractivity contribution in [1.82, 2.24) is 15.1 Å². The topological polar surface area (TPSA) is 18.5 Å². The third-order valence-electron chi connectivity index (χ3n) is 5.02. The predicted molar refractivity (Wildman–Crippen MR) is 88.5 cm³/mol. The van der Waals surface area contributed by atoms with Crippen LogP contribution in [0.2, 0.25) is 0 Å². The minimum atomic E-state index is 0.826. The summed E-state index contributed by atoms with van der Waals surface area (Å²) in [5.74, 6) is 0.826. The number of likely N-dealkylation sites (N-methyl/N-ethyl adjacent to an activating group) is 1. The number of nitrogens with zero attached hydrogens (tertiary/aromatic N) is 2. The summed E-state index contributed by atoms with van der Waals surface area (Å²) < 4.78 is 0. The highest BCUT2D eigenvalue weighted by atomic mass is 15.2. The summed E-state index contributed by atoms with van der Waals surface area (Å²) in [5, 5.41) is 3.54. The minimum absolute atomic E-state index is 0.826. The molecule has 116 valence electrons. The van der Waals surface area contributed by atoms with E-state index in [-0.39, 0.29) is 0 Å². The maximum atomic E-state index is 3.54. The minimum Gasteiger partial charge on any atom is -0.316 e. The average Bonchev–Trinajstić information content (AvgIpc) is 2.52. The second kappa shape index (κ2) is 7.39. The lowest BCUT2D eigenvalue weighted by molar-refractivity contribution is 0.148. The first-order valence-corrected chi connectivity index (χ1v) is 8.49. The van der Waals surface area contributed by atoms with Crippen LogP contribution in [0.4, 0.5) is 0 Å². The number of hydrogen-bond donors (Lipinski definition) is 1. The Morgan fingerprint density at radius 2 is 1.86 bits per heavy atom. The molecule has 2 aliphatic heterocycles. The van der Waals surface area contributed by atoms with Crippen LogP contribution in [0, 0.1) is 5.92 Å². The molecule has 0 amide bonds. The number of piperidine rings is 1. The maximum Gasteiger partial charge on any atom is 0.0237 e. The molecule has 0 saturated carbocycles. The number of hydrogen-bond acceptors (Lipinski definition) is 3. The SMILES string of the molecule is CN1CCN(Cc2ccccc2CC2CCCNC2)CC1. The number of rotatable bonds is 4. The first-order chi connectivity index (χ1) is 10.3. The molecule has 2 heterocycles. The Labute approximate surface area is 129 Å². The van der Waals surface area contributed by atoms with Crippen LogP contribution in [0.3, 0.4) is 0 Å². The lowest BCUT2D eigenvalue weighted by atomic mass is 9.90. The zero-order valence-electron chi connectivity index (χ0n) is 13.4. The molecule has 2 fully saturated rings. The third kappa shape index (κ3) is 4.29. The van der Waals surface area contributed by atoms with Crippen molar-refractivity contribution in [3.63, 3.8) is 0 Å². The fourth-order valence-electron chi connectivity index (χ4n) is 3.57. The lowest BCUT2D eigenvalue weighted by Crippen LogP contribution is -2.44. The van der Waals surface area contributed by atoms with Gasteiger partial charge in [0.25, 0.3) is 0 Å². The first-order valence-electron chi connectivity index (χ1n) is 8.49. The smallest absolute Gasteiger partial charge is 0.0237 e. The van der Waals surface area contributed by atoms with Crippen molar-refractivity contribution >= 4 is 0 Å². The van der Waals surface area contributed by atoms with Crippen LogP contribution in [-0.4, -0.2) is 56.1 Å². The molecule has 3 rings (SSSR count). The molecule has 1 unspecified atom stereocenters. The average molecular weight is 287 g/mol. The van der Waals surface area contributed by atoms with E-state index in [1.54, 1.807) is 11.1 Å². The lowest BCUT2D eigenvalue weighted by Gasteiger charge is -2.33. The zero-order valence-corrected chi connectivity index (χ0v) is 13.4. The summed E-state index contributed by atoms with van der Waals surface area (Å²) in [6.07, 6.45) is 3.97. The van der Waals surface area contributed by atoms with Crippen molar-refractivity contribution in [2.24, 2.45) is 5.92 Å². The molecule has 0 bridgehead atoms. The van der Waals surface area contributed by atoms with E-state index in [9.17, 15) is 0 Å². The standard InChI is InChI=1S/C18H29N3/c1-20-9-11-21(12-10-20)15-18-7-3-2-6-17(18)13-16-5-4-8-19-14-16/h2-3,6-7,16,19H,4-5,8-15H2,1H3. The molecule has 1 aromatic carbocycles. The molecule has 3 heteroatoms. The Bertz CT molecular complexity index is 432. The molecular weight excluding hydrogens is 258 g/mol. The highest BCUT2D eigenvalue weighted by Crippen LogP contribution is 2.20. The summed E-state index contributed by atoms with van der Waals surface area (Å²) in [6, 6.07) is 9.09. The van der Waals surface area contributed by atoms with Gasteiger partial charge in [0.05, 0.1) is 0 Å². The largest absolute Gasteiger partial charge is 0.316 e. The fourth-order valence-corrected chi connectivity index (χ4v) is 3.57. The highest BCUT2D eigenvalue weighted by Gasteiger charge is 2.18. The van der Waals surface area contributed by atoms with E-state index >= 15 is 0 Å². The van der Waals surface area contributed by atoms with Gasteiger partial charge < -0.3 is 10.2 Å². The van der Waals surface area contributed by atoms with Gasteiger partial charge in [0.1, 0.15) is 0 Å². The second-order valence-corrected chi connectivity index (χ2v) is 6.76. The number of piperazine rings is 1. The molecule has 2 saturated heterocycles. The van der Waals surface area contributed by atoms with Crippen molar-refractivity contribution in [3.05, 3.63) is 35.4 Å². The molecular formula is C18H29N3. The Morgan fingerprint density at radius 1 is 1.10 bits per heavy atom. The first kappa shape index (κ1) is 15.0. The maximum absolute atomic E-state index is 3.54. The van der Waals surface area contributed by atoms with E-state index in [0.717, 1.165) is 12.5 Å². The normalized spacial score (nSPS) is 25.1. The second-order valence-electron chi connectivity index (χ2n) is 6.76. The third-order valence-corrected chi connectivity index (χ3v) is 5.02. The van der Waals surface area contributed by atoms with Gasteiger partial charge in [-0.05, 0) is 56.4 Å². The molecule has 0 spiro atoms. The van der Waals surface area contributed by atoms with Gasteiger partial charge in [0, 0.05) is 32.7 Å². The summed E-state index contributed by atoms with van der Waals surface area (Å²) in [4.78, 5) is 5.04. The van der Waals surface area contributed by atoms with Gasteiger partial charge in [0.2, 0.25) is 0 Å². The van der Waals surface area contributed by atoms with Gasteiger partial charge >= 0.3 is 0 Å². The molecule has 1 aromatic rings. The van der Waals surface area contributed by atoms with E-state index in [1.807, 2.05) is 0 Å². The molecule has 3 nitrogen and oxygen atoms in total. The molecule has 0 aromatic heterocycles. The van der Waals surface area contributed by atoms with Crippen LogP contribution < -0.4 is 5.32 Å². The summed E-state index contributed by atoms with van der Waals surface area (Å²) in [5.41, 5.74) is 3.12. The van der Waals surface area contributed by atoms with Gasteiger partial charge in [-0.3, -0.25) is 4.90 Å². The van der Waals surface area contributed by atoms with E-state index in [4.69, 9.17) is 0 Å². The molecule has 0 aliphatic carbocycles. The quantitative estimate of drug-likeness (QED) is 0.913. The Kier molecular flexibility index (Phi) is 5.28. The number of nitrogens with one attached hydrogen (secondary N) is 1. The van der Waals surface area contributed by atoms with Crippen LogP contribution in [0.15, 0.2) is 24.3 Å². The molecule has 2 aliphatic rings. The molecule has 21 heavy (non-hydrogen) atoms. The summed E-state index contributed by atoms with van der Waals surface area (Å²) in [7, 11) is 2.22. The summed E-state index contributed by atoms with van der Waals surface area (Å²) in [6.45, 7) is 8.35. The van der Waals surface area contributed by atoms with Crippen LogP contribution in [0.25, 0.3) is 0 Å². The van der Waals surface area contributed by atoms with Gasteiger partial charge in [-0.2, -0.15) is 0 Å². The predicted octanol–water partition coefficient (Wildman–Crippen LogP) is 1.98. The van der Waals surface area contributed by atoms with Crippen molar-refractivity contribution in [3.8, 4) is 0 Å². The van der Waals surface area contributed by atoms with E-state index in [2.05, 4.69) is 46.4 Å². The Morgan fingerprint density at radius 3 is 2.57 bits per heavy atom. The van der Waals surface area contributed by atoms with Crippen LogP contribution in [-0.2, 0) is 13.0 Å². The van der Waals surface area contributed by atoms with E-state index < -0.39 is 0 Å². The monoisotopic (exact) mass is 287 g/mol. The van der Waals surface area contributed by atoms with Gasteiger partial charge in [-0.1, -0.05) is 24.3 Å². The Hall–Kier alpha value is -0.900. The molecule has 1 N–H and O–H groups in total. The zero-order chi connectivity index (χ0) is 14.5. The molecule has 1 atom stereocenters. The van der Waals surface area contributed by atoms with Crippen molar-refractivity contribution in [2.75, 3.05) is 46.3 Å².